The van der Waals surface area contributed by atoms with Crippen LogP contribution in [-0.2, 0) is 9.84 Å². The molecule has 0 N–H and O–H groups in total. The number of hydrogen-bond acceptors (Lipinski definition) is 5. The van der Waals surface area contributed by atoms with Gasteiger partial charge in [-0.05, 0) is 22.6 Å². The second-order valence-electron chi connectivity index (χ2n) is 3.01. The molecule has 0 aliphatic heterocycles. The first-order valence-corrected chi connectivity index (χ1v) is 5.94. The minimum absolute atomic E-state index is 0.289. The Labute approximate surface area is 94.8 Å². The maximum Gasteiger partial charge on any atom is 0.344 e. The number of halogens is 2. The second-order valence-corrected chi connectivity index (χ2v) is 4.83. The van der Waals surface area contributed by atoms with E-state index in [1.807, 2.05) is 0 Å². The highest BCUT2D eigenvalue weighted by molar-refractivity contribution is 7.91. The molecule has 0 radical (unpaired) electrons. The van der Waals surface area contributed by atoms with Gasteiger partial charge in [0.1, 0.15) is 0 Å². The second kappa shape index (κ2) is 4.17. The molecule has 0 saturated heterocycles. The van der Waals surface area contributed by atoms with Crippen molar-refractivity contribution in [3.05, 3.63) is 30.3 Å². The highest BCUT2D eigenvalue weighted by Crippen LogP contribution is 2.17. The quantitative estimate of drug-likeness (QED) is 0.810. The molecule has 17 heavy (non-hydrogen) atoms. The van der Waals surface area contributed by atoms with Crippen molar-refractivity contribution < 1.29 is 17.2 Å². The molecule has 0 aliphatic rings. The van der Waals surface area contributed by atoms with Crippen LogP contribution in [0.3, 0.4) is 0 Å². The molecule has 0 bridgehead atoms. The monoisotopic (exact) mass is 260 g/mol. The van der Waals surface area contributed by atoms with E-state index in [1.54, 1.807) is 18.2 Å². The zero-order valence-corrected chi connectivity index (χ0v) is 9.05. The summed E-state index contributed by atoms with van der Waals surface area (Å²) in [7, 11) is -4.82. The van der Waals surface area contributed by atoms with E-state index in [1.165, 1.54) is 12.1 Å². The number of tetrazole rings is 1. The predicted octanol–water partition coefficient (Wildman–Crippen LogP) is 0.659. The van der Waals surface area contributed by atoms with E-state index in [4.69, 9.17) is 0 Å². The van der Waals surface area contributed by atoms with Crippen LogP contribution >= 0.6 is 0 Å². The number of hydrogen-bond donors (Lipinski definition) is 0. The Morgan fingerprint density at radius 2 is 1.82 bits per heavy atom. The number of para-hydroxylation sites is 1. The Morgan fingerprint density at radius 1 is 1.18 bits per heavy atom. The summed E-state index contributed by atoms with van der Waals surface area (Å²) in [5, 5.41) is 8.72. The van der Waals surface area contributed by atoms with Crippen molar-refractivity contribution in [2.24, 2.45) is 0 Å². The molecule has 0 unspecified atom stereocenters. The van der Waals surface area contributed by atoms with Gasteiger partial charge in [-0.3, -0.25) is 0 Å². The molecule has 0 fully saturated rings. The molecule has 1 aromatic carbocycles. The lowest BCUT2D eigenvalue weighted by molar-refractivity contribution is 0.233. The van der Waals surface area contributed by atoms with Gasteiger partial charge >= 0.3 is 5.76 Å². The number of rotatable bonds is 3. The number of aromatic nitrogens is 4. The van der Waals surface area contributed by atoms with Crippen LogP contribution in [0.2, 0.25) is 0 Å². The minimum Gasteiger partial charge on any atom is -0.214 e. The molecule has 2 rings (SSSR count). The maximum atomic E-state index is 12.4. The van der Waals surface area contributed by atoms with Crippen molar-refractivity contribution in [2.75, 3.05) is 0 Å². The lowest BCUT2D eigenvalue weighted by Crippen LogP contribution is -2.17. The number of alkyl halides is 2. The third-order valence-corrected chi connectivity index (χ3v) is 3.16. The number of sulfone groups is 1. The molecule has 9 heteroatoms. The Kier molecular flexibility index (Phi) is 2.84. The summed E-state index contributed by atoms with van der Waals surface area (Å²) in [5.74, 6) is -3.56. The van der Waals surface area contributed by atoms with E-state index in [9.17, 15) is 17.2 Å². The van der Waals surface area contributed by atoms with Gasteiger partial charge in [0, 0.05) is 0 Å². The SMILES string of the molecule is O=S(=O)(c1nnnn1-c1ccccc1)C(F)F. The van der Waals surface area contributed by atoms with Crippen LogP contribution in [-0.4, -0.2) is 34.4 Å². The molecule has 0 aliphatic carbocycles. The molecule has 6 nitrogen and oxygen atoms in total. The summed E-state index contributed by atoms with van der Waals surface area (Å²) < 4.78 is 48.0. The summed E-state index contributed by atoms with van der Waals surface area (Å²) in [6, 6.07) is 7.91. The van der Waals surface area contributed by atoms with E-state index >= 15 is 0 Å². The van der Waals surface area contributed by atoms with Gasteiger partial charge in [0.2, 0.25) is 0 Å². The molecule has 0 spiro atoms. The van der Waals surface area contributed by atoms with Crippen LogP contribution in [0.4, 0.5) is 8.78 Å². The highest BCUT2D eigenvalue weighted by Gasteiger charge is 2.33. The average molecular weight is 260 g/mol. The van der Waals surface area contributed by atoms with Gasteiger partial charge in [-0.25, -0.2) is 8.42 Å². The van der Waals surface area contributed by atoms with Crippen molar-refractivity contribution in [1.29, 1.82) is 0 Å². The van der Waals surface area contributed by atoms with Gasteiger partial charge in [-0.1, -0.05) is 23.3 Å². The molecule has 2 aromatic rings. The normalized spacial score (nSPS) is 11.9. The Balaban J connectivity index is 2.58. The van der Waals surface area contributed by atoms with E-state index < -0.39 is 20.8 Å². The van der Waals surface area contributed by atoms with Gasteiger partial charge in [0.05, 0.1) is 5.69 Å². The molecule has 0 saturated carbocycles. The summed E-state index contributed by atoms with van der Waals surface area (Å²) in [5.41, 5.74) is 0.289. The summed E-state index contributed by atoms with van der Waals surface area (Å²) in [6.45, 7) is 0. The van der Waals surface area contributed by atoms with Crippen LogP contribution in [0.5, 0.6) is 0 Å². The van der Waals surface area contributed by atoms with Gasteiger partial charge in [0.25, 0.3) is 15.0 Å². The Hall–Kier alpha value is -1.90. The van der Waals surface area contributed by atoms with Crippen molar-refractivity contribution in [3.63, 3.8) is 0 Å². The van der Waals surface area contributed by atoms with Gasteiger partial charge in [0.15, 0.2) is 0 Å². The highest BCUT2D eigenvalue weighted by atomic mass is 32.2. The lowest BCUT2D eigenvalue weighted by Gasteiger charge is -2.04. The molecule has 0 amide bonds. The third kappa shape index (κ3) is 2.00. The molecule has 1 aromatic heterocycles. The van der Waals surface area contributed by atoms with Gasteiger partial charge < -0.3 is 0 Å². The van der Waals surface area contributed by atoms with Crippen molar-refractivity contribution >= 4 is 9.84 Å². The third-order valence-electron chi connectivity index (χ3n) is 1.93. The number of nitrogens with zero attached hydrogens (tertiary/aromatic N) is 4. The topological polar surface area (TPSA) is 77.7 Å². The molecular formula is C8H6F2N4O2S. The first-order chi connectivity index (χ1) is 8.03. The fourth-order valence-electron chi connectivity index (χ4n) is 1.17. The molecular weight excluding hydrogens is 254 g/mol. The molecule has 0 atom stereocenters. The largest absolute Gasteiger partial charge is 0.344 e. The molecule has 90 valence electrons. The first kappa shape index (κ1) is 11.6. The summed E-state index contributed by atoms with van der Waals surface area (Å²) >= 11 is 0. The van der Waals surface area contributed by atoms with E-state index in [2.05, 4.69) is 15.5 Å². The molecule has 1 heterocycles. The first-order valence-electron chi connectivity index (χ1n) is 4.39. The van der Waals surface area contributed by atoms with Crippen LogP contribution in [0.25, 0.3) is 5.69 Å². The van der Waals surface area contributed by atoms with Crippen LogP contribution in [0, 0.1) is 0 Å². The minimum atomic E-state index is -4.82. The summed E-state index contributed by atoms with van der Waals surface area (Å²) in [6.07, 6.45) is 0. The Bertz CT molecular complexity index is 611. The lowest BCUT2D eigenvalue weighted by atomic mass is 10.3. The zero-order chi connectivity index (χ0) is 12.5. The van der Waals surface area contributed by atoms with E-state index in [-0.39, 0.29) is 5.69 Å². The van der Waals surface area contributed by atoms with Crippen LogP contribution in [0.1, 0.15) is 0 Å². The van der Waals surface area contributed by atoms with Crippen molar-refractivity contribution in [2.45, 2.75) is 10.9 Å². The smallest absolute Gasteiger partial charge is 0.214 e. The number of benzene rings is 1. The van der Waals surface area contributed by atoms with Crippen LogP contribution in [0.15, 0.2) is 35.5 Å². The van der Waals surface area contributed by atoms with Crippen molar-refractivity contribution in [3.8, 4) is 5.69 Å². The summed E-state index contributed by atoms with van der Waals surface area (Å²) in [4.78, 5) is 0. The fraction of sp³-hybridized carbons (Fsp3) is 0.125. The Morgan fingerprint density at radius 3 is 2.41 bits per heavy atom. The fourth-order valence-corrected chi connectivity index (χ4v) is 1.86. The van der Waals surface area contributed by atoms with E-state index in [0.717, 1.165) is 4.68 Å². The van der Waals surface area contributed by atoms with Crippen LogP contribution < -0.4 is 0 Å². The van der Waals surface area contributed by atoms with Crippen molar-refractivity contribution in [1.82, 2.24) is 20.2 Å². The van der Waals surface area contributed by atoms with Gasteiger partial charge in [-0.15, -0.1) is 0 Å². The van der Waals surface area contributed by atoms with Gasteiger partial charge in [-0.2, -0.15) is 13.5 Å². The predicted molar refractivity (Wildman–Crippen MR) is 52.3 cm³/mol. The average Bonchev–Trinajstić information content (AvgIpc) is 2.79. The standard InChI is InChI=1S/C8H6F2N4O2S/c9-7(10)17(15,16)8-11-12-13-14(8)6-4-2-1-3-5-6/h1-5,7H. The maximum absolute atomic E-state index is 12.4. The zero-order valence-electron chi connectivity index (χ0n) is 8.23. The van der Waals surface area contributed by atoms with E-state index in [0.29, 0.717) is 0 Å².